The number of nitrogens with zero attached hydrogens (tertiary/aromatic N) is 2. The van der Waals surface area contributed by atoms with Gasteiger partial charge in [-0.3, -0.25) is 0 Å². The third-order valence-electron chi connectivity index (χ3n) is 1.55. The Labute approximate surface area is 67.6 Å². The molecule has 2 nitrogen and oxygen atoms in total. The van der Waals surface area contributed by atoms with Crippen LogP contribution in [0.3, 0.4) is 0 Å². The van der Waals surface area contributed by atoms with Crippen molar-refractivity contribution in [1.29, 1.82) is 0 Å². The maximum atomic E-state index is 4.17. The van der Waals surface area contributed by atoms with Crippen LogP contribution < -0.4 is 0 Å². The molecule has 11 heavy (non-hydrogen) atoms. The Hall–Kier alpha value is -1.05. The Balaban J connectivity index is 0.000000281. The smallest absolute Gasteiger partial charge is 0.112 e. The molecule has 1 aromatic rings. The Bertz CT molecular complexity index is 235. The first kappa shape index (κ1) is 8.05. The lowest BCUT2D eigenvalue weighted by Crippen LogP contribution is -1.99. The molecule has 0 radical (unpaired) electrons. The predicted octanol–water partition coefficient (Wildman–Crippen LogP) is 2.33. The van der Waals surface area contributed by atoms with Crippen LogP contribution in [0, 0.1) is 0 Å². The monoisotopic (exact) mass is 150 g/mol. The minimum atomic E-state index is 1.09. The topological polar surface area (TPSA) is 17.8 Å². The lowest BCUT2D eigenvalue weighted by Gasteiger charge is -2.04. The zero-order valence-electron chi connectivity index (χ0n) is 7.12. The van der Waals surface area contributed by atoms with Crippen LogP contribution in [-0.2, 0) is 6.42 Å². The molecule has 1 aromatic heterocycles. The predicted molar refractivity (Wildman–Crippen MR) is 47.2 cm³/mol. The van der Waals surface area contributed by atoms with Gasteiger partial charge in [-0.2, -0.15) is 0 Å². The van der Waals surface area contributed by atoms with Crippen molar-refractivity contribution in [2.75, 3.05) is 0 Å². The molecule has 2 rings (SSSR count). The van der Waals surface area contributed by atoms with Crippen molar-refractivity contribution in [2.45, 2.75) is 26.7 Å². The van der Waals surface area contributed by atoms with E-state index in [4.69, 9.17) is 0 Å². The number of aromatic nitrogens is 2. The van der Waals surface area contributed by atoms with E-state index in [2.05, 4.69) is 21.8 Å². The molecule has 60 valence electrons. The van der Waals surface area contributed by atoms with E-state index in [1.807, 2.05) is 26.2 Å². The Kier molecular flexibility index (Phi) is 2.90. The summed E-state index contributed by atoms with van der Waals surface area (Å²) in [6.45, 7) is 4.00. The van der Waals surface area contributed by atoms with Crippen LogP contribution in [0.25, 0.3) is 6.20 Å². The molecule has 0 atom stereocenters. The molecule has 2 heterocycles. The second kappa shape index (κ2) is 3.96. The van der Waals surface area contributed by atoms with Gasteiger partial charge in [-0.1, -0.05) is 19.9 Å². The maximum Gasteiger partial charge on any atom is 0.112 e. The molecule has 0 aromatic carbocycles. The van der Waals surface area contributed by atoms with Crippen LogP contribution in [0.4, 0.5) is 0 Å². The second-order valence-electron chi connectivity index (χ2n) is 2.17. The highest BCUT2D eigenvalue weighted by Gasteiger charge is 2.01. The van der Waals surface area contributed by atoms with Crippen molar-refractivity contribution in [3.63, 3.8) is 0 Å². The van der Waals surface area contributed by atoms with E-state index in [-0.39, 0.29) is 0 Å². The van der Waals surface area contributed by atoms with Crippen LogP contribution in [0.15, 0.2) is 18.5 Å². The fourth-order valence-corrected chi connectivity index (χ4v) is 1.07. The number of aryl methyl sites for hydroxylation is 1. The van der Waals surface area contributed by atoms with Gasteiger partial charge in [-0.25, -0.2) is 4.98 Å². The van der Waals surface area contributed by atoms with Crippen LogP contribution in [0.1, 0.15) is 26.1 Å². The zero-order valence-corrected chi connectivity index (χ0v) is 7.12. The lowest BCUT2D eigenvalue weighted by molar-refractivity contribution is 0.838. The first-order chi connectivity index (χ1) is 5.47. The van der Waals surface area contributed by atoms with Crippen LogP contribution in [0.2, 0.25) is 0 Å². The molecule has 0 unspecified atom stereocenters. The molecule has 0 saturated carbocycles. The van der Waals surface area contributed by atoms with Gasteiger partial charge in [0.15, 0.2) is 0 Å². The number of allylic oxidation sites excluding steroid dienone is 1. The molecule has 0 amide bonds. The maximum absolute atomic E-state index is 4.17. The van der Waals surface area contributed by atoms with E-state index >= 15 is 0 Å². The van der Waals surface area contributed by atoms with Gasteiger partial charge in [0.05, 0.1) is 0 Å². The highest BCUT2D eigenvalue weighted by Crippen LogP contribution is 2.07. The quantitative estimate of drug-likeness (QED) is 0.555. The summed E-state index contributed by atoms with van der Waals surface area (Å²) < 4.78 is 2.06. The molecule has 1 aliphatic heterocycles. The summed E-state index contributed by atoms with van der Waals surface area (Å²) in [5.74, 6) is 1.18. The highest BCUT2D eigenvalue weighted by molar-refractivity contribution is 5.27. The SMILES string of the molecule is C1=Cn2ccnc2CC1.CC. The van der Waals surface area contributed by atoms with Crippen LogP contribution in [0.5, 0.6) is 0 Å². The van der Waals surface area contributed by atoms with Gasteiger partial charge in [-0.15, -0.1) is 0 Å². The van der Waals surface area contributed by atoms with E-state index < -0.39 is 0 Å². The van der Waals surface area contributed by atoms with Gasteiger partial charge in [0.2, 0.25) is 0 Å². The average molecular weight is 150 g/mol. The van der Waals surface area contributed by atoms with Crippen molar-refractivity contribution >= 4 is 6.20 Å². The first-order valence-electron chi connectivity index (χ1n) is 4.15. The number of fused-ring (bicyclic) bond motifs is 1. The number of rotatable bonds is 0. The van der Waals surface area contributed by atoms with Crippen molar-refractivity contribution in [3.8, 4) is 0 Å². The molecule has 0 saturated heterocycles. The van der Waals surface area contributed by atoms with Gasteiger partial charge in [0.1, 0.15) is 5.82 Å². The van der Waals surface area contributed by atoms with Crippen molar-refractivity contribution in [1.82, 2.24) is 9.55 Å². The molecule has 0 bridgehead atoms. The molecular weight excluding hydrogens is 136 g/mol. The number of hydrogen-bond donors (Lipinski definition) is 0. The molecule has 0 N–H and O–H groups in total. The summed E-state index contributed by atoms with van der Waals surface area (Å²) in [5, 5.41) is 0. The Morgan fingerprint density at radius 1 is 1.45 bits per heavy atom. The molecular formula is C9H14N2. The molecule has 0 fully saturated rings. The van der Waals surface area contributed by atoms with E-state index in [1.165, 1.54) is 5.82 Å². The van der Waals surface area contributed by atoms with Crippen LogP contribution in [-0.4, -0.2) is 9.55 Å². The normalized spacial score (nSPS) is 13.3. The highest BCUT2D eigenvalue weighted by atomic mass is 15.0. The van der Waals surface area contributed by atoms with Crippen molar-refractivity contribution in [2.24, 2.45) is 0 Å². The first-order valence-corrected chi connectivity index (χ1v) is 4.15. The summed E-state index contributed by atoms with van der Waals surface area (Å²) in [5.41, 5.74) is 0. The summed E-state index contributed by atoms with van der Waals surface area (Å²) in [6, 6.07) is 0. The van der Waals surface area contributed by atoms with E-state index in [1.54, 1.807) is 0 Å². The minimum Gasteiger partial charge on any atom is -0.311 e. The number of imidazole rings is 1. The summed E-state index contributed by atoms with van der Waals surface area (Å²) in [7, 11) is 0. The minimum absolute atomic E-state index is 1.09. The van der Waals surface area contributed by atoms with E-state index in [0.29, 0.717) is 0 Å². The van der Waals surface area contributed by atoms with Gasteiger partial charge >= 0.3 is 0 Å². The van der Waals surface area contributed by atoms with E-state index in [9.17, 15) is 0 Å². The molecule has 0 aliphatic carbocycles. The van der Waals surface area contributed by atoms with Crippen molar-refractivity contribution in [3.05, 3.63) is 24.3 Å². The Morgan fingerprint density at radius 3 is 3.00 bits per heavy atom. The van der Waals surface area contributed by atoms with Gasteiger partial charge in [-0.05, 0) is 6.42 Å². The fraction of sp³-hybridized carbons (Fsp3) is 0.444. The largest absolute Gasteiger partial charge is 0.311 e. The summed E-state index contributed by atoms with van der Waals surface area (Å²) in [6.07, 6.45) is 10.3. The third kappa shape index (κ3) is 1.70. The zero-order chi connectivity index (χ0) is 8.10. The average Bonchev–Trinajstić information content (AvgIpc) is 2.55. The van der Waals surface area contributed by atoms with Gasteiger partial charge in [0, 0.05) is 25.0 Å². The number of hydrogen-bond acceptors (Lipinski definition) is 1. The molecule has 0 spiro atoms. The third-order valence-corrected chi connectivity index (χ3v) is 1.55. The molecule has 2 heteroatoms. The van der Waals surface area contributed by atoms with Crippen LogP contribution >= 0.6 is 0 Å². The van der Waals surface area contributed by atoms with Gasteiger partial charge in [0.25, 0.3) is 0 Å². The Morgan fingerprint density at radius 2 is 2.27 bits per heavy atom. The lowest BCUT2D eigenvalue weighted by atomic mass is 10.2. The van der Waals surface area contributed by atoms with Gasteiger partial charge < -0.3 is 4.57 Å². The molecule has 1 aliphatic rings. The van der Waals surface area contributed by atoms with Crippen molar-refractivity contribution < 1.29 is 0 Å². The fourth-order valence-electron chi connectivity index (χ4n) is 1.07. The van der Waals surface area contributed by atoms with E-state index in [0.717, 1.165) is 12.8 Å². The standard InChI is InChI=1S/C7H8N2.C2H6/c1-2-5-9-6-4-8-7(9)3-1;1-2/h2,4-6H,1,3H2;1-2H3. The summed E-state index contributed by atoms with van der Waals surface area (Å²) in [4.78, 5) is 4.17. The second-order valence-corrected chi connectivity index (χ2v) is 2.17. The summed E-state index contributed by atoms with van der Waals surface area (Å²) >= 11 is 0.